The average molecular weight is 536 g/mol. The standard InChI is InChI=1S/C31H53NO6/c1-21(2)24(17-23-10-13-30(36-6)31(18-23)38-16-8-14-35-5)19-27(32)29(34)20-26(22(3)4)28(33)12-11-25-9-7-15-37-25/h10,13,18,21-22,24-27,29,34H,7-9,11-12,14-17,19-20,32H2,1-6H3/t24-,25+,26-,27-,29-/m0/s1. The minimum atomic E-state index is -0.717. The third-order valence-corrected chi connectivity index (χ3v) is 7.94. The normalized spacial score (nSPS) is 18.9. The molecule has 1 aliphatic rings. The highest BCUT2D eigenvalue weighted by Gasteiger charge is 2.30. The summed E-state index contributed by atoms with van der Waals surface area (Å²) >= 11 is 0. The van der Waals surface area contributed by atoms with E-state index in [1.54, 1.807) is 14.2 Å². The Hall–Kier alpha value is -1.67. The number of carbonyl (C=O) groups excluding carboxylic acids is 1. The van der Waals surface area contributed by atoms with Crippen LogP contribution < -0.4 is 15.2 Å². The highest BCUT2D eigenvalue weighted by Crippen LogP contribution is 2.32. The number of ether oxygens (including phenoxy) is 4. The largest absolute Gasteiger partial charge is 0.493 e. The summed E-state index contributed by atoms with van der Waals surface area (Å²) in [6.07, 6.45) is 5.63. The van der Waals surface area contributed by atoms with Gasteiger partial charge in [-0.3, -0.25) is 4.79 Å². The zero-order chi connectivity index (χ0) is 28.1. The Bertz CT molecular complexity index is 808. The molecule has 2 rings (SSSR count). The van der Waals surface area contributed by atoms with Gasteiger partial charge in [-0.25, -0.2) is 0 Å². The number of carbonyl (C=O) groups is 1. The lowest BCUT2D eigenvalue weighted by Gasteiger charge is -2.30. The van der Waals surface area contributed by atoms with Gasteiger partial charge in [0.2, 0.25) is 0 Å². The van der Waals surface area contributed by atoms with E-state index in [1.165, 1.54) is 0 Å². The Morgan fingerprint density at radius 1 is 1.11 bits per heavy atom. The van der Waals surface area contributed by atoms with E-state index in [1.807, 2.05) is 12.1 Å². The smallest absolute Gasteiger partial charge is 0.161 e. The first-order valence-electron chi connectivity index (χ1n) is 14.5. The van der Waals surface area contributed by atoms with E-state index in [-0.39, 0.29) is 29.6 Å². The first-order valence-corrected chi connectivity index (χ1v) is 14.5. The van der Waals surface area contributed by atoms with Crippen molar-refractivity contribution in [2.75, 3.05) is 34.0 Å². The van der Waals surface area contributed by atoms with Crippen LogP contribution in [0, 0.1) is 23.7 Å². The van der Waals surface area contributed by atoms with E-state index in [4.69, 9.17) is 24.7 Å². The summed E-state index contributed by atoms with van der Waals surface area (Å²) in [5.74, 6) is 2.30. The van der Waals surface area contributed by atoms with Crippen molar-refractivity contribution in [3.05, 3.63) is 23.8 Å². The van der Waals surface area contributed by atoms with Crippen molar-refractivity contribution in [2.24, 2.45) is 29.4 Å². The molecular formula is C31H53NO6. The number of benzene rings is 1. The highest BCUT2D eigenvalue weighted by atomic mass is 16.5. The van der Waals surface area contributed by atoms with Crippen molar-refractivity contribution in [1.29, 1.82) is 0 Å². The molecule has 7 heteroatoms. The van der Waals surface area contributed by atoms with Gasteiger partial charge in [-0.2, -0.15) is 0 Å². The average Bonchev–Trinajstić information content (AvgIpc) is 3.41. The summed E-state index contributed by atoms with van der Waals surface area (Å²) < 4.78 is 22.2. The fourth-order valence-corrected chi connectivity index (χ4v) is 5.32. The van der Waals surface area contributed by atoms with Crippen LogP contribution in [0.15, 0.2) is 18.2 Å². The lowest BCUT2D eigenvalue weighted by molar-refractivity contribution is -0.126. The molecule has 0 aromatic heterocycles. The van der Waals surface area contributed by atoms with Crippen LogP contribution in [0.5, 0.6) is 11.5 Å². The molecule has 0 unspecified atom stereocenters. The first kappa shape index (κ1) is 32.5. The van der Waals surface area contributed by atoms with Crippen LogP contribution in [0.4, 0.5) is 0 Å². The van der Waals surface area contributed by atoms with Crippen LogP contribution in [0.1, 0.15) is 78.2 Å². The molecule has 1 aromatic rings. The van der Waals surface area contributed by atoms with Gasteiger partial charge >= 0.3 is 0 Å². The van der Waals surface area contributed by atoms with Crippen molar-refractivity contribution < 1.29 is 28.8 Å². The molecule has 1 saturated heterocycles. The zero-order valence-electron chi connectivity index (χ0n) is 24.6. The van der Waals surface area contributed by atoms with Crippen molar-refractivity contribution in [3.63, 3.8) is 0 Å². The van der Waals surface area contributed by atoms with Crippen LogP contribution >= 0.6 is 0 Å². The Morgan fingerprint density at radius 3 is 2.47 bits per heavy atom. The monoisotopic (exact) mass is 535 g/mol. The van der Waals surface area contributed by atoms with Gasteiger partial charge in [0.25, 0.3) is 0 Å². The van der Waals surface area contributed by atoms with E-state index >= 15 is 0 Å². The lowest BCUT2D eigenvalue weighted by Crippen LogP contribution is -2.40. The minimum Gasteiger partial charge on any atom is -0.493 e. The van der Waals surface area contributed by atoms with Gasteiger partial charge < -0.3 is 29.8 Å². The number of ketones is 1. The lowest BCUT2D eigenvalue weighted by atomic mass is 9.79. The van der Waals surface area contributed by atoms with Crippen molar-refractivity contribution in [1.82, 2.24) is 0 Å². The molecule has 0 bridgehead atoms. The van der Waals surface area contributed by atoms with Gasteiger partial charge in [0.15, 0.2) is 11.5 Å². The summed E-state index contributed by atoms with van der Waals surface area (Å²) in [5, 5.41) is 11.1. The van der Waals surface area contributed by atoms with Crippen LogP contribution in [-0.4, -0.2) is 63.2 Å². The van der Waals surface area contributed by atoms with Crippen LogP contribution in [0.3, 0.4) is 0 Å². The minimum absolute atomic E-state index is 0.163. The molecule has 1 fully saturated rings. The number of Topliss-reactive ketones (excluding diaryl/α,β-unsaturated/α-hetero) is 1. The molecule has 5 atom stereocenters. The zero-order valence-corrected chi connectivity index (χ0v) is 24.6. The number of hydrogen-bond donors (Lipinski definition) is 2. The maximum Gasteiger partial charge on any atom is 0.161 e. The van der Waals surface area contributed by atoms with Crippen molar-refractivity contribution >= 4 is 5.78 Å². The second-order valence-corrected chi connectivity index (χ2v) is 11.6. The topological polar surface area (TPSA) is 100 Å². The SMILES string of the molecule is COCCCOc1cc(C[C@@H](C[C@H](N)[C@@H](O)C[C@H](C(=O)CC[C@H]2CCCO2)C(C)C)C(C)C)ccc1OC. The molecule has 218 valence electrons. The maximum atomic E-state index is 13.0. The fraction of sp³-hybridized carbons (Fsp3) is 0.774. The van der Waals surface area contributed by atoms with E-state index < -0.39 is 12.1 Å². The number of hydrogen-bond acceptors (Lipinski definition) is 7. The molecule has 1 heterocycles. The second-order valence-electron chi connectivity index (χ2n) is 11.6. The van der Waals surface area contributed by atoms with Crippen LogP contribution in [-0.2, 0) is 20.7 Å². The summed E-state index contributed by atoms with van der Waals surface area (Å²) in [7, 11) is 3.33. The van der Waals surface area contributed by atoms with Gasteiger partial charge in [-0.05, 0) is 74.0 Å². The quantitative estimate of drug-likeness (QED) is 0.235. The molecule has 0 amide bonds. The summed E-state index contributed by atoms with van der Waals surface area (Å²) in [4.78, 5) is 13.0. The van der Waals surface area contributed by atoms with Gasteiger partial charge in [0, 0.05) is 45.1 Å². The van der Waals surface area contributed by atoms with Crippen molar-refractivity contribution in [2.45, 2.75) is 97.3 Å². The highest BCUT2D eigenvalue weighted by molar-refractivity contribution is 5.81. The molecule has 3 N–H and O–H groups in total. The van der Waals surface area contributed by atoms with E-state index in [2.05, 4.69) is 33.8 Å². The number of aliphatic hydroxyl groups excluding tert-OH is 1. The predicted molar refractivity (Wildman–Crippen MR) is 152 cm³/mol. The summed E-state index contributed by atoms with van der Waals surface area (Å²) in [5.41, 5.74) is 7.71. The molecule has 1 aromatic carbocycles. The molecule has 0 radical (unpaired) electrons. The fourth-order valence-electron chi connectivity index (χ4n) is 5.32. The van der Waals surface area contributed by atoms with E-state index in [0.717, 1.165) is 50.0 Å². The first-order chi connectivity index (χ1) is 18.2. The Labute approximate surface area is 230 Å². The van der Waals surface area contributed by atoms with E-state index in [9.17, 15) is 9.90 Å². The molecule has 0 saturated carbocycles. The number of methoxy groups -OCH3 is 2. The molecule has 7 nitrogen and oxygen atoms in total. The van der Waals surface area contributed by atoms with Crippen molar-refractivity contribution in [3.8, 4) is 11.5 Å². The van der Waals surface area contributed by atoms with Gasteiger partial charge in [0.1, 0.15) is 5.78 Å². The van der Waals surface area contributed by atoms with Crippen LogP contribution in [0.2, 0.25) is 0 Å². The number of aliphatic hydroxyl groups is 1. The number of rotatable bonds is 19. The predicted octanol–water partition coefficient (Wildman–Crippen LogP) is 5.19. The molecule has 0 aliphatic carbocycles. The molecule has 1 aliphatic heterocycles. The van der Waals surface area contributed by atoms with Gasteiger partial charge in [-0.15, -0.1) is 0 Å². The molecular weight excluding hydrogens is 482 g/mol. The summed E-state index contributed by atoms with van der Waals surface area (Å²) in [6, 6.07) is 5.67. The molecule has 0 spiro atoms. The Balaban J connectivity index is 1.97. The van der Waals surface area contributed by atoms with Gasteiger partial charge in [0.05, 0.1) is 25.9 Å². The Morgan fingerprint density at radius 2 is 1.87 bits per heavy atom. The second kappa shape index (κ2) is 17.1. The Kier molecular flexibility index (Phi) is 14.7. The van der Waals surface area contributed by atoms with Gasteiger partial charge in [-0.1, -0.05) is 33.8 Å². The summed E-state index contributed by atoms with van der Waals surface area (Å²) in [6.45, 7) is 10.5. The van der Waals surface area contributed by atoms with Crippen LogP contribution in [0.25, 0.3) is 0 Å². The third kappa shape index (κ3) is 10.8. The third-order valence-electron chi connectivity index (χ3n) is 7.94. The van der Waals surface area contributed by atoms with E-state index in [0.29, 0.717) is 44.1 Å². The number of nitrogens with two attached hydrogens (primary N) is 1. The molecule has 38 heavy (non-hydrogen) atoms. The maximum absolute atomic E-state index is 13.0.